The predicted octanol–water partition coefficient (Wildman–Crippen LogP) is 0.837. The van der Waals surface area contributed by atoms with Gasteiger partial charge < -0.3 is 15.7 Å². The van der Waals surface area contributed by atoms with E-state index in [1.165, 1.54) is 6.33 Å². The van der Waals surface area contributed by atoms with Gasteiger partial charge in [0.2, 0.25) is 0 Å². The molecule has 0 saturated carbocycles. The van der Waals surface area contributed by atoms with Gasteiger partial charge in [-0.1, -0.05) is 12.1 Å². The maximum absolute atomic E-state index is 11.5. The zero-order valence-electron chi connectivity index (χ0n) is 11.9. The maximum Gasteiger partial charge on any atom is 0.315 e. The van der Waals surface area contributed by atoms with Crippen LogP contribution < -0.4 is 10.6 Å². The number of benzene rings is 1. The Morgan fingerprint density at radius 1 is 1.33 bits per heavy atom. The van der Waals surface area contributed by atoms with Gasteiger partial charge in [0.25, 0.3) is 0 Å². The summed E-state index contributed by atoms with van der Waals surface area (Å²) in [6, 6.07) is 7.44. The lowest BCUT2D eigenvalue weighted by Crippen LogP contribution is -2.36. The van der Waals surface area contributed by atoms with Crippen LogP contribution in [-0.2, 0) is 6.54 Å². The van der Waals surface area contributed by atoms with Gasteiger partial charge in [0.1, 0.15) is 12.7 Å². The normalized spacial score (nSPS) is 11.9. The van der Waals surface area contributed by atoms with Gasteiger partial charge in [0.15, 0.2) is 0 Å². The molecule has 7 nitrogen and oxygen atoms in total. The fourth-order valence-electron chi connectivity index (χ4n) is 1.75. The van der Waals surface area contributed by atoms with Gasteiger partial charge in [-0.2, -0.15) is 5.10 Å². The number of nitrogens with zero attached hydrogens (tertiary/aromatic N) is 3. The summed E-state index contributed by atoms with van der Waals surface area (Å²) in [5.41, 5.74) is 1.90. The highest BCUT2D eigenvalue weighted by Gasteiger charge is 2.02. The molecule has 1 aromatic carbocycles. The minimum atomic E-state index is -0.408. The number of aliphatic hydroxyl groups is 1. The number of rotatable bonds is 6. The van der Waals surface area contributed by atoms with E-state index in [4.69, 9.17) is 5.11 Å². The summed E-state index contributed by atoms with van der Waals surface area (Å²) in [7, 11) is 0. The Morgan fingerprint density at radius 2 is 2.10 bits per heavy atom. The van der Waals surface area contributed by atoms with Crippen molar-refractivity contribution in [3.05, 3.63) is 42.5 Å². The van der Waals surface area contributed by atoms with E-state index in [0.717, 1.165) is 11.3 Å². The van der Waals surface area contributed by atoms with Gasteiger partial charge in [0, 0.05) is 13.1 Å². The highest BCUT2D eigenvalue weighted by Crippen LogP contribution is 2.07. The topological polar surface area (TPSA) is 92.1 Å². The number of carbonyl (C=O) groups is 1. The van der Waals surface area contributed by atoms with Crippen LogP contribution in [0, 0.1) is 0 Å². The Hall–Kier alpha value is -2.41. The van der Waals surface area contributed by atoms with Crippen LogP contribution in [-0.4, -0.2) is 38.6 Å². The Bertz CT molecular complexity index is 551. The molecule has 1 heterocycles. The van der Waals surface area contributed by atoms with Crippen molar-refractivity contribution in [3.63, 3.8) is 0 Å². The van der Waals surface area contributed by atoms with Crippen LogP contribution in [0.4, 0.5) is 4.79 Å². The van der Waals surface area contributed by atoms with Crippen molar-refractivity contribution in [2.45, 2.75) is 26.0 Å². The molecule has 2 amide bonds. The first-order valence-electron chi connectivity index (χ1n) is 6.79. The quantitative estimate of drug-likeness (QED) is 0.734. The molecule has 2 rings (SSSR count). The summed E-state index contributed by atoms with van der Waals surface area (Å²) in [4.78, 5) is 15.4. The van der Waals surface area contributed by atoms with E-state index >= 15 is 0 Å². The summed E-state index contributed by atoms with van der Waals surface area (Å²) < 4.78 is 1.67. The number of hydrogen-bond acceptors (Lipinski definition) is 4. The standard InChI is InChI=1S/C14H19N5O2/c1-11(20)6-7-16-14(21)17-8-12-2-4-13(5-3-12)19-10-15-9-18-19/h2-5,9-11,20H,6-8H2,1H3,(H2,16,17,21). The molecule has 0 aliphatic carbocycles. The zero-order chi connectivity index (χ0) is 15.1. The summed E-state index contributed by atoms with van der Waals surface area (Å²) in [5, 5.41) is 18.6. The lowest BCUT2D eigenvalue weighted by atomic mass is 10.2. The molecule has 7 heteroatoms. The second kappa shape index (κ2) is 7.39. The summed E-state index contributed by atoms with van der Waals surface area (Å²) >= 11 is 0. The van der Waals surface area contributed by atoms with Gasteiger partial charge in [0.05, 0.1) is 11.8 Å². The molecule has 0 spiro atoms. The lowest BCUT2D eigenvalue weighted by molar-refractivity contribution is 0.183. The first-order chi connectivity index (χ1) is 10.1. The van der Waals surface area contributed by atoms with E-state index in [0.29, 0.717) is 19.5 Å². The Morgan fingerprint density at radius 3 is 2.71 bits per heavy atom. The summed E-state index contributed by atoms with van der Waals surface area (Å²) in [5.74, 6) is 0. The second-order valence-electron chi connectivity index (χ2n) is 4.75. The van der Waals surface area contributed by atoms with Crippen LogP contribution >= 0.6 is 0 Å². The molecule has 0 fully saturated rings. The highest BCUT2D eigenvalue weighted by molar-refractivity contribution is 5.73. The van der Waals surface area contributed by atoms with Crippen molar-refractivity contribution in [2.24, 2.45) is 0 Å². The van der Waals surface area contributed by atoms with Crippen molar-refractivity contribution < 1.29 is 9.90 Å². The molecule has 1 atom stereocenters. The zero-order valence-corrected chi connectivity index (χ0v) is 11.9. The number of aromatic nitrogens is 3. The minimum absolute atomic E-state index is 0.240. The van der Waals surface area contributed by atoms with Crippen molar-refractivity contribution in [1.29, 1.82) is 0 Å². The minimum Gasteiger partial charge on any atom is -0.393 e. The number of nitrogens with one attached hydrogen (secondary N) is 2. The molecule has 1 aromatic heterocycles. The molecular weight excluding hydrogens is 270 g/mol. The Balaban J connectivity index is 1.77. The second-order valence-corrected chi connectivity index (χ2v) is 4.75. The first-order valence-corrected chi connectivity index (χ1v) is 6.79. The van der Waals surface area contributed by atoms with Crippen molar-refractivity contribution in [1.82, 2.24) is 25.4 Å². The maximum atomic E-state index is 11.5. The highest BCUT2D eigenvalue weighted by atomic mass is 16.3. The van der Waals surface area contributed by atoms with E-state index in [1.807, 2.05) is 24.3 Å². The first kappa shape index (κ1) is 15.0. The van der Waals surface area contributed by atoms with Gasteiger partial charge in [-0.05, 0) is 31.0 Å². The van der Waals surface area contributed by atoms with Gasteiger partial charge >= 0.3 is 6.03 Å². The number of aliphatic hydroxyl groups excluding tert-OH is 1. The van der Waals surface area contributed by atoms with Crippen LogP contribution in [0.1, 0.15) is 18.9 Å². The van der Waals surface area contributed by atoms with Crippen molar-refractivity contribution in [2.75, 3.05) is 6.54 Å². The fraction of sp³-hybridized carbons (Fsp3) is 0.357. The molecule has 3 N–H and O–H groups in total. The molecule has 2 aromatic rings. The van der Waals surface area contributed by atoms with Gasteiger partial charge in [-0.3, -0.25) is 0 Å². The molecule has 0 aliphatic rings. The van der Waals surface area contributed by atoms with Crippen LogP contribution in [0.15, 0.2) is 36.9 Å². The molecule has 112 valence electrons. The average molecular weight is 289 g/mol. The summed E-state index contributed by atoms with van der Waals surface area (Å²) in [6.45, 7) is 2.59. The third-order valence-electron chi connectivity index (χ3n) is 2.92. The molecular formula is C14H19N5O2. The largest absolute Gasteiger partial charge is 0.393 e. The molecule has 0 radical (unpaired) electrons. The number of amides is 2. The predicted molar refractivity (Wildman–Crippen MR) is 77.9 cm³/mol. The van der Waals surface area contributed by atoms with E-state index < -0.39 is 6.10 Å². The monoisotopic (exact) mass is 289 g/mol. The average Bonchev–Trinajstić information content (AvgIpc) is 2.99. The Kier molecular flexibility index (Phi) is 5.28. The Labute approximate surface area is 123 Å². The number of hydrogen-bond donors (Lipinski definition) is 3. The third-order valence-corrected chi connectivity index (χ3v) is 2.92. The number of carbonyl (C=O) groups excluding carboxylic acids is 1. The van der Waals surface area contributed by atoms with E-state index in [9.17, 15) is 4.79 Å². The molecule has 0 aliphatic heterocycles. The van der Waals surface area contributed by atoms with Crippen LogP contribution in [0.3, 0.4) is 0 Å². The molecule has 21 heavy (non-hydrogen) atoms. The van der Waals surface area contributed by atoms with E-state index in [1.54, 1.807) is 17.9 Å². The van der Waals surface area contributed by atoms with E-state index in [2.05, 4.69) is 20.7 Å². The molecule has 1 unspecified atom stereocenters. The molecule has 0 saturated heterocycles. The smallest absolute Gasteiger partial charge is 0.315 e. The molecule has 0 bridgehead atoms. The lowest BCUT2D eigenvalue weighted by Gasteiger charge is -2.09. The van der Waals surface area contributed by atoms with Crippen LogP contribution in [0.5, 0.6) is 0 Å². The summed E-state index contributed by atoms with van der Waals surface area (Å²) in [6.07, 6.45) is 3.24. The third kappa shape index (κ3) is 4.88. The van der Waals surface area contributed by atoms with Gasteiger partial charge in [-0.25, -0.2) is 14.5 Å². The van der Waals surface area contributed by atoms with Crippen molar-refractivity contribution >= 4 is 6.03 Å². The van der Waals surface area contributed by atoms with Crippen LogP contribution in [0.25, 0.3) is 5.69 Å². The van der Waals surface area contributed by atoms with Crippen LogP contribution in [0.2, 0.25) is 0 Å². The SMILES string of the molecule is CC(O)CCNC(=O)NCc1ccc(-n2cncn2)cc1. The van der Waals surface area contributed by atoms with E-state index in [-0.39, 0.29) is 6.03 Å². The number of urea groups is 1. The van der Waals surface area contributed by atoms with Gasteiger partial charge in [-0.15, -0.1) is 0 Å². The van der Waals surface area contributed by atoms with Crippen molar-refractivity contribution in [3.8, 4) is 5.69 Å². The fourth-order valence-corrected chi connectivity index (χ4v) is 1.75.